The van der Waals surface area contributed by atoms with Gasteiger partial charge in [-0.25, -0.2) is 0 Å². The Morgan fingerprint density at radius 1 is 1.03 bits per heavy atom. The van der Waals surface area contributed by atoms with E-state index in [1.54, 1.807) is 37.3 Å². The maximum atomic E-state index is 12.9. The third kappa shape index (κ3) is 5.03. The van der Waals surface area contributed by atoms with Crippen molar-refractivity contribution >= 4 is 23.7 Å². The third-order valence-corrected chi connectivity index (χ3v) is 5.42. The lowest BCUT2D eigenvalue weighted by atomic mass is 9.76. The molecule has 2 aromatic rings. The first-order valence-corrected chi connectivity index (χ1v) is 10.3. The van der Waals surface area contributed by atoms with Gasteiger partial charge < -0.3 is 9.64 Å². The van der Waals surface area contributed by atoms with Crippen molar-refractivity contribution in [3.05, 3.63) is 77.9 Å². The zero-order chi connectivity index (χ0) is 21.4. The summed E-state index contributed by atoms with van der Waals surface area (Å²) in [7, 11) is 0. The van der Waals surface area contributed by atoms with Crippen LogP contribution >= 0.6 is 0 Å². The lowest BCUT2D eigenvalue weighted by molar-refractivity contribution is -0.160. The summed E-state index contributed by atoms with van der Waals surface area (Å²) in [5, 5.41) is 0. The van der Waals surface area contributed by atoms with Gasteiger partial charge in [0.25, 0.3) is 5.91 Å². The zero-order valence-electron chi connectivity index (χ0n) is 17.3. The Kier molecular flexibility index (Phi) is 7.17. The van der Waals surface area contributed by atoms with Crippen molar-refractivity contribution < 1.29 is 19.1 Å². The van der Waals surface area contributed by atoms with Crippen molar-refractivity contribution in [3.63, 3.8) is 0 Å². The Hall–Kier alpha value is -3.21. The first kappa shape index (κ1) is 21.5. The van der Waals surface area contributed by atoms with Crippen LogP contribution in [-0.2, 0) is 14.3 Å². The zero-order valence-corrected chi connectivity index (χ0v) is 17.3. The van der Waals surface area contributed by atoms with Crippen LogP contribution in [0.1, 0.15) is 42.1 Å². The van der Waals surface area contributed by atoms with E-state index in [0.717, 1.165) is 5.56 Å². The van der Waals surface area contributed by atoms with Crippen molar-refractivity contribution in [1.29, 1.82) is 0 Å². The summed E-state index contributed by atoms with van der Waals surface area (Å²) in [4.78, 5) is 39.9. The normalized spacial score (nSPS) is 18.9. The second-order valence-corrected chi connectivity index (χ2v) is 7.54. The number of amides is 1. The molecule has 0 saturated carbocycles. The highest BCUT2D eigenvalue weighted by Crippen LogP contribution is 2.36. The van der Waals surface area contributed by atoms with Crippen LogP contribution in [0.3, 0.4) is 0 Å². The number of carbonyl (C=O) groups is 3. The molecular weight excluding hydrogens is 378 g/mol. The minimum absolute atomic E-state index is 0.183. The van der Waals surface area contributed by atoms with Crippen LogP contribution in [0, 0.1) is 5.41 Å². The number of allylic oxidation sites excluding steroid dienone is 1. The summed E-state index contributed by atoms with van der Waals surface area (Å²) < 4.78 is 5.36. The van der Waals surface area contributed by atoms with Gasteiger partial charge in [0.2, 0.25) is 5.78 Å². The summed E-state index contributed by atoms with van der Waals surface area (Å²) >= 11 is 0. The topological polar surface area (TPSA) is 63.7 Å². The van der Waals surface area contributed by atoms with Gasteiger partial charge in [0.15, 0.2) is 0 Å². The summed E-state index contributed by atoms with van der Waals surface area (Å²) in [6, 6.07) is 18.4. The molecule has 0 spiro atoms. The van der Waals surface area contributed by atoms with Gasteiger partial charge in [0.05, 0.1) is 12.0 Å². The molecule has 1 aliphatic heterocycles. The van der Waals surface area contributed by atoms with Gasteiger partial charge in [-0.15, -0.1) is 0 Å². The number of carbonyl (C=O) groups excluding carboxylic acids is 3. The number of ether oxygens (including phenoxy) is 1. The van der Waals surface area contributed by atoms with Crippen molar-refractivity contribution in [2.24, 2.45) is 5.41 Å². The average Bonchev–Trinajstić information content (AvgIpc) is 2.79. The van der Waals surface area contributed by atoms with E-state index >= 15 is 0 Å². The van der Waals surface area contributed by atoms with Crippen molar-refractivity contribution in [1.82, 2.24) is 4.90 Å². The Morgan fingerprint density at radius 3 is 2.37 bits per heavy atom. The monoisotopic (exact) mass is 405 g/mol. The van der Waals surface area contributed by atoms with Crippen LogP contribution in [0.4, 0.5) is 0 Å². The quantitative estimate of drug-likeness (QED) is 0.394. The molecule has 0 aromatic heterocycles. The average molecular weight is 405 g/mol. The van der Waals surface area contributed by atoms with Crippen molar-refractivity contribution in [3.8, 4) is 0 Å². The highest BCUT2D eigenvalue weighted by molar-refractivity contribution is 6.42. The standard InChI is InChI=1S/C25H27NO4/c1-2-30-24(29)25(16-9-13-20-11-5-3-6-12-20)17-10-18-26(19-25)23(28)22(27)21-14-7-4-8-15-21/h3-9,11-15H,2,10,16-19H2,1H3/b13-9+/t25-/m0/s1. The number of piperidine rings is 1. The van der Waals surface area contributed by atoms with Gasteiger partial charge in [-0.1, -0.05) is 72.8 Å². The second kappa shape index (κ2) is 10.0. The molecule has 0 unspecified atom stereocenters. The largest absolute Gasteiger partial charge is 0.466 e. The molecule has 1 saturated heterocycles. The second-order valence-electron chi connectivity index (χ2n) is 7.54. The van der Waals surface area contributed by atoms with Crippen LogP contribution in [0.5, 0.6) is 0 Å². The fourth-order valence-electron chi connectivity index (χ4n) is 3.85. The molecule has 1 aliphatic rings. The first-order chi connectivity index (χ1) is 14.6. The number of hydrogen-bond acceptors (Lipinski definition) is 4. The number of likely N-dealkylation sites (tertiary alicyclic amines) is 1. The van der Waals surface area contributed by atoms with Crippen LogP contribution in [0.25, 0.3) is 6.08 Å². The number of benzene rings is 2. The minimum Gasteiger partial charge on any atom is -0.466 e. The molecule has 5 nitrogen and oxygen atoms in total. The summed E-state index contributed by atoms with van der Waals surface area (Å²) in [5.74, 6) is -1.43. The van der Waals surface area contributed by atoms with Crippen LogP contribution in [0.15, 0.2) is 66.7 Å². The van der Waals surface area contributed by atoms with E-state index < -0.39 is 17.1 Å². The number of rotatable bonds is 7. The molecule has 0 bridgehead atoms. The molecule has 0 radical (unpaired) electrons. The van der Waals surface area contributed by atoms with Crippen LogP contribution < -0.4 is 0 Å². The minimum atomic E-state index is -0.841. The Balaban J connectivity index is 1.78. The fourth-order valence-corrected chi connectivity index (χ4v) is 3.85. The maximum Gasteiger partial charge on any atom is 0.314 e. The molecule has 3 rings (SSSR count). The lowest BCUT2D eigenvalue weighted by Gasteiger charge is -2.40. The summed E-state index contributed by atoms with van der Waals surface area (Å²) in [6.45, 7) is 2.69. The molecule has 1 heterocycles. The van der Waals surface area contributed by atoms with E-state index in [0.29, 0.717) is 31.4 Å². The van der Waals surface area contributed by atoms with E-state index in [1.165, 1.54) is 4.90 Å². The van der Waals surface area contributed by atoms with Crippen molar-refractivity contribution in [2.45, 2.75) is 26.2 Å². The van der Waals surface area contributed by atoms with Gasteiger partial charge in [-0.05, 0) is 31.7 Å². The number of Topliss-reactive ketones (excluding diaryl/α,β-unsaturated/α-hetero) is 1. The molecule has 30 heavy (non-hydrogen) atoms. The molecule has 5 heteroatoms. The number of ketones is 1. The molecule has 156 valence electrons. The van der Waals surface area contributed by atoms with Gasteiger partial charge in [-0.3, -0.25) is 14.4 Å². The number of nitrogens with zero attached hydrogens (tertiary/aromatic N) is 1. The predicted octanol–water partition coefficient (Wildman–Crippen LogP) is 4.14. The van der Waals surface area contributed by atoms with E-state index in [4.69, 9.17) is 4.74 Å². The Bertz CT molecular complexity index is 907. The molecule has 1 atom stereocenters. The first-order valence-electron chi connectivity index (χ1n) is 10.3. The SMILES string of the molecule is CCOC(=O)[C@@]1(C/C=C/c2ccccc2)CCCN(C(=O)C(=O)c2ccccc2)C1. The maximum absolute atomic E-state index is 12.9. The van der Waals surface area contributed by atoms with E-state index in [-0.39, 0.29) is 19.1 Å². The molecule has 1 fully saturated rings. The van der Waals surface area contributed by atoms with Crippen molar-refractivity contribution in [2.75, 3.05) is 19.7 Å². The lowest BCUT2D eigenvalue weighted by Crippen LogP contribution is -2.52. The number of esters is 1. The van der Waals surface area contributed by atoms with Gasteiger partial charge in [0.1, 0.15) is 0 Å². The fraction of sp³-hybridized carbons (Fsp3) is 0.320. The highest BCUT2D eigenvalue weighted by atomic mass is 16.5. The molecule has 2 aromatic carbocycles. The van der Waals surface area contributed by atoms with E-state index in [1.807, 2.05) is 42.5 Å². The van der Waals surface area contributed by atoms with Gasteiger partial charge in [0, 0.05) is 18.7 Å². The van der Waals surface area contributed by atoms with Crippen LogP contribution in [-0.4, -0.2) is 42.3 Å². The third-order valence-electron chi connectivity index (χ3n) is 5.42. The predicted molar refractivity (Wildman–Crippen MR) is 116 cm³/mol. The Labute approximate surface area is 177 Å². The molecule has 0 aliphatic carbocycles. The number of hydrogen-bond donors (Lipinski definition) is 0. The molecule has 1 amide bonds. The molecular formula is C25H27NO4. The Morgan fingerprint density at radius 2 is 1.70 bits per heavy atom. The van der Waals surface area contributed by atoms with Gasteiger partial charge in [-0.2, -0.15) is 0 Å². The van der Waals surface area contributed by atoms with E-state index in [2.05, 4.69) is 0 Å². The van der Waals surface area contributed by atoms with E-state index in [9.17, 15) is 14.4 Å². The molecule has 0 N–H and O–H groups in total. The van der Waals surface area contributed by atoms with Gasteiger partial charge >= 0.3 is 5.97 Å². The summed E-state index contributed by atoms with van der Waals surface area (Å²) in [5.41, 5.74) is 0.560. The summed E-state index contributed by atoms with van der Waals surface area (Å²) in [6.07, 6.45) is 5.64. The highest BCUT2D eigenvalue weighted by Gasteiger charge is 2.44. The smallest absolute Gasteiger partial charge is 0.314 e. The van der Waals surface area contributed by atoms with Crippen LogP contribution in [0.2, 0.25) is 0 Å².